The summed E-state index contributed by atoms with van der Waals surface area (Å²) in [6, 6.07) is 17.7. The molecule has 0 amide bonds. The standard InChI is InChI=1S/C22H16Br2N2O2S/c1-2-28-18-11-16(23)20(24)15(21(18)27)12-25-14-7-5-6-13(10-14)22-26-17-8-3-4-9-19(17)29-22/h3-12,27H,2H2,1H3. The highest BCUT2D eigenvalue weighted by Gasteiger charge is 2.15. The Morgan fingerprint density at radius 2 is 1.97 bits per heavy atom. The first-order chi connectivity index (χ1) is 14.1. The van der Waals surface area contributed by atoms with Crippen molar-refractivity contribution in [1.82, 2.24) is 4.98 Å². The number of aromatic nitrogens is 1. The molecule has 0 aliphatic rings. The van der Waals surface area contributed by atoms with Gasteiger partial charge < -0.3 is 9.84 Å². The van der Waals surface area contributed by atoms with Gasteiger partial charge in [0.15, 0.2) is 11.5 Å². The van der Waals surface area contributed by atoms with Gasteiger partial charge in [-0.3, -0.25) is 4.99 Å². The van der Waals surface area contributed by atoms with Crippen LogP contribution in [0.2, 0.25) is 0 Å². The summed E-state index contributed by atoms with van der Waals surface area (Å²) >= 11 is 8.63. The molecule has 1 heterocycles. The van der Waals surface area contributed by atoms with Crippen LogP contribution in [0.5, 0.6) is 11.5 Å². The van der Waals surface area contributed by atoms with Crippen LogP contribution in [0.25, 0.3) is 20.8 Å². The number of thiazole rings is 1. The van der Waals surface area contributed by atoms with Gasteiger partial charge in [0.2, 0.25) is 0 Å². The van der Waals surface area contributed by atoms with Gasteiger partial charge in [-0.25, -0.2) is 4.98 Å². The van der Waals surface area contributed by atoms with Gasteiger partial charge in [-0.05, 0) is 69.1 Å². The number of halogens is 2. The van der Waals surface area contributed by atoms with Gasteiger partial charge in [-0.1, -0.05) is 24.3 Å². The number of fused-ring (bicyclic) bond motifs is 1. The highest BCUT2D eigenvalue weighted by atomic mass is 79.9. The van der Waals surface area contributed by atoms with Gasteiger partial charge in [-0.2, -0.15) is 0 Å². The second kappa shape index (κ2) is 8.65. The Morgan fingerprint density at radius 1 is 1.14 bits per heavy atom. The summed E-state index contributed by atoms with van der Waals surface area (Å²) in [4.78, 5) is 9.28. The molecule has 0 aliphatic heterocycles. The fraction of sp³-hybridized carbons (Fsp3) is 0.0909. The van der Waals surface area contributed by atoms with Crippen LogP contribution in [0.15, 0.2) is 68.5 Å². The third kappa shape index (κ3) is 4.22. The number of hydrogen-bond acceptors (Lipinski definition) is 5. The fourth-order valence-electron chi connectivity index (χ4n) is 2.85. The molecule has 146 valence electrons. The summed E-state index contributed by atoms with van der Waals surface area (Å²) < 4.78 is 8.15. The van der Waals surface area contributed by atoms with E-state index in [0.29, 0.717) is 22.4 Å². The van der Waals surface area contributed by atoms with E-state index in [-0.39, 0.29) is 5.75 Å². The minimum Gasteiger partial charge on any atom is -0.504 e. The predicted molar refractivity (Wildman–Crippen MR) is 127 cm³/mol. The normalized spacial score (nSPS) is 11.4. The Bertz CT molecular complexity index is 1190. The molecular weight excluding hydrogens is 516 g/mol. The first-order valence-electron chi connectivity index (χ1n) is 8.90. The number of phenols is 1. The molecule has 0 saturated heterocycles. The Kier molecular flexibility index (Phi) is 5.99. The number of ether oxygens (including phenoxy) is 1. The van der Waals surface area contributed by atoms with Crippen LogP contribution in [0.1, 0.15) is 12.5 Å². The molecule has 0 bridgehead atoms. The fourth-order valence-corrected chi connectivity index (χ4v) is 4.64. The summed E-state index contributed by atoms with van der Waals surface area (Å²) in [5, 5.41) is 11.5. The third-order valence-electron chi connectivity index (χ3n) is 4.22. The zero-order valence-corrected chi connectivity index (χ0v) is 19.4. The quantitative estimate of drug-likeness (QED) is 0.274. The van der Waals surface area contributed by atoms with Crippen LogP contribution in [0.3, 0.4) is 0 Å². The zero-order chi connectivity index (χ0) is 20.4. The summed E-state index contributed by atoms with van der Waals surface area (Å²) in [7, 11) is 0. The largest absolute Gasteiger partial charge is 0.504 e. The number of benzene rings is 3. The number of para-hydroxylation sites is 1. The molecule has 0 unspecified atom stereocenters. The molecule has 0 radical (unpaired) electrons. The molecule has 0 fully saturated rings. The van der Waals surface area contributed by atoms with Gasteiger partial charge in [0, 0.05) is 20.7 Å². The topological polar surface area (TPSA) is 54.7 Å². The van der Waals surface area contributed by atoms with E-state index in [2.05, 4.69) is 42.9 Å². The van der Waals surface area contributed by atoms with Crippen LogP contribution in [0, 0.1) is 0 Å². The minimum atomic E-state index is 0.0491. The number of nitrogens with zero attached hydrogens (tertiary/aromatic N) is 2. The number of rotatable bonds is 5. The first-order valence-corrected chi connectivity index (χ1v) is 11.3. The lowest BCUT2D eigenvalue weighted by atomic mass is 10.2. The molecule has 1 N–H and O–H groups in total. The maximum atomic E-state index is 10.5. The maximum absolute atomic E-state index is 10.5. The van der Waals surface area contributed by atoms with Crippen molar-refractivity contribution in [3.8, 4) is 22.1 Å². The minimum absolute atomic E-state index is 0.0491. The van der Waals surface area contributed by atoms with Crippen LogP contribution in [-0.2, 0) is 0 Å². The van der Waals surface area contributed by atoms with E-state index in [1.165, 1.54) is 0 Å². The molecule has 4 nitrogen and oxygen atoms in total. The molecular formula is C22H16Br2N2O2S. The summed E-state index contributed by atoms with van der Waals surface area (Å²) in [6.07, 6.45) is 1.63. The van der Waals surface area contributed by atoms with E-state index >= 15 is 0 Å². The Balaban J connectivity index is 1.69. The lowest BCUT2D eigenvalue weighted by Crippen LogP contribution is -1.95. The van der Waals surface area contributed by atoms with Crippen molar-refractivity contribution in [3.05, 3.63) is 69.1 Å². The Hall–Kier alpha value is -2.22. The molecule has 7 heteroatoms. The second-order valence-corrected chi connectivity index (χ2v) is 8.84. The van der Waals surface area contributed by atoms with E-state index in [1.807, 2.05) is 49.4 Å². The van der Waals surface area contributed by atoms with Crippen LogP contribution >= 0.6 is 43.2 Å². The number of phenolic OH excluding ortho intramolecular Hbond substituents is 1. The van der Waals surface area contributed by atoms with E-state index in [0.717, 1.165) is 30.9 Å². The molecule has 0 saturated carbocycles. The third-order valence-corrected chi connectivity index (χ3v) is 7.32. The predicted octanol–water partition coefficient (Wildman–Crippen LogP) is 7.34. The van der Waals surface area contributed by atoms with Gasteiger partial charge in [0.05, 0.1) is 28.1 Å². The molecule has 4 aromatic rings. The van der Waals surface area contributed by atoms with Crippen molar-refractivity contribution in [2.24, 2.45) is 4.99 Å². The monoisotopic (exact) mass is 530 g/mol. The number of hydrogen-bond donors (Lipinski definition) is 1. The summed E-state index contributed by atoms with van der Waals surface area (Å²) in [5.74, 6) is 0.459. The van der Waals surface area contributed by atoms with E-state index in [4.69, 9.17) is 9.72 Å². The lowest BCUT2D eigenvalue weighted by Gasteiger charge is -2.11. The average Bonchev–Trinajstić information content (AvgIpc) is 3.17. The van der Waals surface area contributed by atoms with E-state index < -0.39 is 0 Å². The summed E-state index contributed by atoms with van der Waals surface area (Å²) in [6.45, 7) is 2.33. The van der Waals surface area contributed by atoms with Crippen molar-refractivity contribution < 1.29 is 9.84 Å². The molecule has 0 atom stereocenters. The first kappa shape index (κ1) is 20.1. The maximum Gasteiger partial charge on any atom is 0.167 e. The van der Waals surface area contributed by atoms with Crippen molar-refractivity contribution in [3.63, 3.8) is 0 Å². The SMILES string of the molecule is CCOc1cc(Br)c(Br)c(C=Nc2cccc(-c3nc4ccccc4s3)c2)c1O. The van der Waals surface area contributed by atoms with Crippen molar-refractivity contribution >= 4 is 65.3 Å². The van der Waals surface area contributed by atoms with Gasteiger partial charge in [-0.15, -0.1) is 11.3 Å². The van der Waals surface area contributed by atoms with Gasteiger partial charge in [0.25, 0.3) is 0 Å². The Morgan fingerprint density at radius 3 is 2.76 bits per heavy atom. The average molecular weight is 532 g/mol. The van der Waals surface area contributed by atoms with Crippen molar-refractivity contribution in [1.29, 1.82) is 0 Å². The molecule has 29 heavy (non-hydrogen) atoms. The zero-order valence-electron chi connectivity index (χ0n) is 15.4. The molecule has 0 spiro atoms. The number of aromatic hydroxyl groups is 1. The molecule has 4 rings (SSSR count). The molecule has 1 aromatic heterocycles. The van der Waals surface area contributed by atoms with Crippen molar-refractivity contribution in [2.45, 2.75) is 6.92 Å². The molecule has 3 aromatic carbocycles. The second-order valence-electron chi connectivity index (χ2n) is 6.16. The highest BCUT2D eigenvalue weighted by Crippen LogP contribution is 2.40. The number of aliphatic imine (C=N–C) groups is 1. The summed E-state index contributed by atoms with van der Waals surface area (Å²) in [5.41, 5.74) is 3.32. The van der Waals surface area contributed by atoms with E-state index in [9.17, 15) is 5.11 Å². The lowest BCUT2D eigenvalue weighted by molar-refractivity contribution is 0.317. The van der Waals surface area contributed by atoms with Gasteiger partial charge >= 0.3 is 0 Å². The van der Waals surface area contributed by atoms with Crippen LogP contribution in [0.4, 0.5) is 5.69 Å². The molecule has 0 aliphatic carbocycles. The van der Waals surface area contributed by atoms with Gasteiger partial charge in [0.1, 0.15) is 5.01 Å². The van der Waals surface area contributed by atoms with Crippen LogP contribution in [-0.4, -0.2) is 22.9 Å². The van der Waals surface area contributed by atoms with E-state index in [1.54, 1.807) is 23.6 Å². The van der Waals surface area contributed by atoms with Crippen molar-refractivity contribution in [2.75, 3.05) is 6.61 Å². The Labute approximate surface area is 189 Å². The highest BCUT2D eigenvalue weighted by molar-refractivity contribution is 9.13. The van der Waals surface area contributed by atoms with Crippen LogP contribution < -0.4 is 4.74 Å². The smallest absolute Gasteiger partial charge is 0.167 e.